The molecule has 0 heterocycles. The van der Waals surface area contributed by atoms with Crippen LogP contribution in [-0.2, 0) is 11.3 Å². The summed E-state index contributed by atoms with van der Waals surface area (Å²) in [5.74, 6) is 1.82. The molecule has 1 aromatic rings. The van der Waals surface area contributed by atoms with Crippen molar-refractivity contribution in [3.05, 3.63) is 48.0 Å². The van der Waals surface area contributed by atoms with Gasteiger partial charge in [0.2, 0.25) is 0 Å². The summed E-state index contributed by atoms with van der Waals surface area (Å²) in [5, 5.41) is 9.04. The predicted octanol–water partition coefficient (Wildman–Crippen LogP) is 6.00. The highest BCUT2D eigenvalue weighted by molar-refractivity contribution is 5.13. The Kier molecular flexibility index (Phi) is 12.4. The van der Waals surface area contributed by atoms with Crippen LogP contribution in [0.1, 0.15) is 64.9 Å². The van der Waals surface area contributed by atoms with Gasteiger partial charge in [-0.1, -0.05) is 76.1 Å². The van der Waals surface area contributed by atoms with Crippen LogP contribution in [0.2, 0.25) is 0 Å². The fourth-order valence-electron chi connectivity index (χ4n) is 2.93. The predicted molar refractivity (Wildman–Crippen MR) is 108 cm³/mol. The Labute approximate surface area is 155 Å². The monoisotopic (exact) mass is 346 g/mol. The molecule has 2 nitrogen and oxygen atoms in total. The smallest absolute Gasteiger partial charge is 0.0716 e. The van der Waals surface area contributed by atoms with Gasteiger partial charge in [-0.2, -0.15) is 0 Å². The molecule has 0 spiro atoms. The Balaban J connectivity index is 2.01. The van der Waals surface area contributed by atoms with Gasteiger partial charge in [-0.25, -0.2) is 0 Å². The van der Waals surface area contributed by atoms with Gasteiger partial charge in [-0.15, -0.1) is 0 Å². The molecule has 1 N–H and O–H groups in total. The second kappa shape index (κ2) is 14.1. The molecule has 0 saturated carbocycles. The maximum atomic E-state index is 9.04. The molecule has 0 fully saturated rings. The van der Waals surface area contributed by atoms with E-state index in [0.717, 1.165) is 32.0 Å². The number of aliphatic hydroxyl groups is 1. The first-order valence-electron chi connectivity index (χ1n) is 10.0. The molecule has 3 atom stereocenters. The SMILES string of the molecule is C[C@H](C/C=C/[C@H](C)CCCOCc1ccccc1)CCC[C@@H](C)CO. The summed E-state index contributed by atoms with van der Waals surface area (Å²) in [6, 6.07) is 10.4. The highest BCUT2D eigenvalue weighted by Crippen LogP contribution is 2.17. The number of allylic oxidation sites excluding steroid dienone is 2. The summed E-state index contributed by atoms with van der Waals surface area (Å²) >= 11 is 0. The second-order valence-corrected chi connectivity index (χ2v) is 7.65. The number of aliphatic hydroxyl groups excluding tert-OH is 1. The van der Waals surface area contributed by atoms with Crippen LogP contribution in [-0.4, -0.2) is 18.3 Å². The van der Waals surface area contributed by atoms with Crippen molar-refractivity contribution in [2.24, 2.45) is 17.8 Å². The van der Waals surface area contributed by atoms with Crippen LogP contribution in [0.25, 0.3) is 0 Å². The Bertz CT molecular complexity index is 441. The summed E-state index contributed by atoms with van der Waals surface area (Å²) in [6.45, 7) is 8.62. The van der Waals surface area contributed by atoms with Crippen LogP contribution in [0.4, 0.5) is 0 Å². The van der Waals surface area contributed by atoms with Gasteiger partial charge in [0.25, 0.3) is 0 Å². The fourth-order valence-corrected chi connectivity index (χ4v) is 2.93. The van der Waals surface area contributed by atoms with Crippen LogP contribution in [0.15, 0.2) is 42.5 Å². The third-order valence-corrected chi connectivity index (χ3v) is 4.77. The summed E-state index contributed by atoms with van der Waals surface area (Å²) in [6.07, 6.45) is 11.8. The molecule has 2 heteroatoms. The zero-order valence-electron chi connectivity index (χ0n) is 16.5. The maximum Gasteiger partial charge on any atom is 0.0716 e. The average molecular weight is 347 g/mol. The van der Waals surface area contributed by atoms with Gasteiger partial charge >= 0.3 is 0 Å². The van der Waals surface area contributed by atoms with Crippen molar-refractivity contribution in [2.45, 2.75) is 65.9 Å². The molecular formula is C23H38O2. The molecule has 0 amide bonds. The third kappa shape index (κ3) is 12.0. The highest BCUT2D eigenvalue weighted by atomic mass is 16.5. The van der Waals surface area contributed by atoms with Crippen molar-refractivity contribution in [2.75, 3.05) is 13.2 Å². The van der Waals surface area contributed by atoms with E-state index in [1.807, 2.05) is 6.07 Å². The number of hydrogen-bond donors (Lipinski definition) is 1. The average Bonchev–Trinajstić information content (AvgIpc) is 2.62. The van der Waals surface area contributed by atoms with E-state index < -0.39 is 0 Å². The zero-order chi connectivity index (χ0) is 18.3. The number of benzene rings is 1. The Morgan fingerprint density at radius 2 is 1.68 bits per heavy atom. The topological polar surface area (TPSA) is 29.5 Å². The number of hydrogen-bond acceptors (Lipinski definition) is 2. The fraction of sp³-hybridized carbons (Fsp3) is 0.652. The van der Waals surface area contributed by atoms with Crippen LogP contribution >= 0.6 is 0 Å². The molecule has 0 saturated heterocycles. The van der Waals surface area contributed by atoms with Gasteiger partial charge in [0, 0.05) is 13.2 Å². The van der Waals surface area contributed by atoms with Gasteiger partial charge < -0.3 is 9.84 Å². The van der Waals surface area contributed by atoms with Crippen molar-refractivity contribution in [3.8, 4) is 0 Å². The molecule has 142 valence electrons. The first-order valence-corrected chi connectivity index (χ1v) is 10.0. The molecular weight excluding hydrogens is 308 g/mol. The Morgan fingerprint density at radius 1 is 0.960 bits per heavy atom. The molecule has 1 aromatic carbocycles. The molecule has 0 aliphatic rings. The highest BCUT2D eigenvalue weighted by Gasteiger charge is 2.04. The quantitative estimate of drug-likeness (QED) is 0.331. The molecule has 0 aliphatic carbocycles. The van der Waals surface area contributed by atoms with Gasteiger partial charge in [0.15, 0.2) is 0 Å². The summed E-state index contributed by atoms with van der Waals surface area (Å²) in [5.41, 5.74) is 1.25. The van der Waals surface area contributed by atoms with Crippen molar-refractivity contribution in [1.82, 2.24) is 0 Å². The van der Waals surface area contributed by atoms with E-state index in [1.54, 1.807) is 0 Å². The Hall–Kier alpha value is -1.12. The van der Waals surface area contributed by atoms with E-state index >= 15 is 0 Å². The van der Waals surface area contributed by atoms with Crippen LogP contribution < -0.4 is 0 Å². The minimum absolute atomic E-state index is 0.320. The second-order valence-electron chi connectivity index (χ2n) is 7.65. The third-order valence-electron chi connectivity index (χ3n) is 4.77. The van der Waals surface area contributed by atoms with Crippen molar-refractivity contribution in [3.63, 3.8) is 0 Å². The molecule has 0 bridgehead atoms. The molecule has 0 unspecified atom stereocenters. The maximum absolute atomic E-state index is 9.04. The molecule has 25 heavy (non-hydrogen) atoms. The van der Waals surface area contributed by atoms with Crippen LogP contribution in [0.3, 0.4) is 0 Å². The van der Waals surface area contributed by atoms with E-state index in [4.69, 9.17) is 9.84 Å². The van der Waals surface area contributed by atoms with E-state index in [2.05, 4.69) is 57.2 Å². The number of rotatable bonds is 14. The van der Waals surface area contributed by atoms with Crippen LogP contribution in [0, 0.1) is 17.8 Å². The lowest BCUT2D eigenvalue weighted by Gasteiger charge is -2.12. The molecule has 0 aromatic heterocycles. The summed E-state index contributed by atoms with van der Waals surface area (Å²) < 4.78 is 5.74. The summed E-state index contributed by atoms with van der Waals surface area (Å²) in [7, 11) is 0. The first-order chi connectivity index (χ1) is 12.1. The lowest BCUT2D eigenvalue weighted by atomic mass is 9.96. The summed E-state index contributed by atoms with van der Waals surface area (Å²) in [4.78, 5) is 0. The van der Waals surface area contributed by atoms with Crippen molar-refractivity contribution >= 4 is 0 Å². The number of ether oxygens (including phenoxy) is 1. The normalized spacial score (nSPS) is 15.4. The standard InChI is InChI=1S/C23H38O2/c1-20(12-8-13-22(3)18-24)10-7-11-21(2)14-9-17-25-19-23-15-5-4-6-16-23/h4-7,11,15-16,20-22,24H,8-10,12-14,17-19H2,1-3H3/b11-7+/t20-,21+,22-/m1/s1. The minimum Gasteiger partial charge on any atom is -0.396 e. The van der Waals surface area contributed by atoms with Crippen molar-refractivity contribution in [1.29, 1.82) is 0 Å². The van der Waals surface area contributed by atoms with Gasteiger partial charge in [0.05, 0.1) is 6.61 Å². The molecule has 1 rings (SSSR count). The van der Waals surface area contributed by atoms with E-state index in [1.165, 1.54) is 31.2 Å². The molecule has 0 aliphatic heterocycles. The lowest BCUT2D eigenvalue weighted by molar-refractivity contribution is 0.115. The minimum atomic E-state index is 0.320. The lowest BCUT2D eigenvalue weighted by Crippen LogP contribution is -2.02. The van der Waals surface area contributed by atoms with Gasteiger partial charge in [0.1, 0.15) is 0 Å². The Morgan fingerprint density at radius 3 is 2.40 bits per heavy atom. The first kappa shape index (κ1) is 21.9. The van der Waals surface area contributed by atoms with E-state index in [9.17, 15) is 0 Å². The van der Waals surface area contributed by atoms with Crippen LogP contribution in [0.5, 0.6) is 0 Å². The van der Waals surface area contributed by atoms with Gasteiger partial charge in [-0.05, 0) is 49.0 Å². The zero-order valence-corrected chi connectivity index (χ0v) is 16.5. The van der Waals surface area contributed by atoms with E-state index in [0.29, 0.717) is 18.4 Å². The van der Waals surface area contributed by atoms with E-state index in [-0.39, 0.29) is 0 Å². The molecule has 0 radical (unpaired) electrons. The van der Waals surface area contributed by atoms with Gasteiger partial charge in [-0.3, -0.25) is 0 Å². The van der Waals surface area contributed by atoms with Crippen molar-refractivity contribution < 1.29 is 9.84 Å². The largest absolute Gasteiger partial charge is 0.396 e.